The molecule has 2 heterocycles. The second-order valence-corrected chi connectivity index (χ2v) is 4.45. The van der Waals surface area contributed by atoms with Crippen molar-refractivity contribution in [1.82, 2.24) is 10.1 Å². The molecule has 0 aliphatic carbocycles. The van der Waals surface area contributed by atoms with E-state index in [1.54, 1.807) is 13.2 Å². The Labute approximate surface area is 116 Å². The molecule has 0 saturated carbocycles. The van der Waals surface area contributed by atoms with Crippen molar-refractivity contribution in [2.75, 3.05) is 7.11 Å². The first kappa shape index (κ1) is 12.4. The van der Waals surface area contributed by atoms with Gasteiger partial charge in [0, 0.05) is 11.1 Å². The van der Waals surface area contributed by atoms with Gasteiger partial charge >= 0.3 is 0 Å². The largest absolute Gasteiger partial charge is 0.496 e. The highest BCUT2D eigenvalue weighted by Crippen LogP contribution is 2.32. The van der Waals surface area contributed by atoms with Crippen LogP contribution in [0, 0.1) is 6.92 Å². The average molecular weight is 266 g/mol. The minimum absolute atomic E-state index is 0.663. The molecule has 3 aromatic rings. The fraction of sp³-hybridized carbons (Fsp3) is 0.125. The molecule has 4 heteroatoms. The van der Waals surface area contributed by atoms with Gasteiger partial charge in [-0.1, -0.05) is 29.9 Å². The Kier molecular flexibility index (Phi) is 2.99. The number of pyridine rings is 1. The molecule has 0 N–H and O–H groups in total. The van der Waals surface area contributed by atoms with Crippen LogP contribution >= 0.6 is 0 Å². The highest BCUT2D eigenvalue weighted by molar-refractivity contribution is 5.87. The van der Waals surface area contributed by atoms with Crippen LogP contribution in [0.3, 0.4) is 0 Å². The molecule has 3 rings (SSSR count). The lowest BCUT2D eigenvalue weighted by Crippen LogP contribution is -1.91. The Hall–Kier alpha value is -2.62. The molecule has 0 saturated heterocycles. The molecule has 0 fully saturated rings. The molecule has 2 aromatic heterocycles. The molecule has 0 atom stereocenters. The molecule has 100 valence electrons. The van der Waals surface area contributed by atoms with E-state index in [4.69, 9.17) is 9.26 Å². The molecule has 0 radical (unpaired) electrons. The molecular formula is C16H14N2O2. The molecule has 0 aliphatic rings. The summed E-state index contributed by atoms with van der Waals surface area (Å²) in [7, 11) is 1.65. The van der Waals surface area contributed by atoms with E-state index in [0.29, 0.717) is 5.58 Å². The maximum Gasteiger partial charge on any atom is 0.192 e. The van der Waals surface area contributed by atoms with Crippen molar-refractivity contribution in [3.63, 3.8) is 0 Å². The Bertz CT molecular complexity index is 790. The van der Waals surface area contributed by atoms with Gasteiger partial charge in [-0.25, -0.2) is 4.98 Å². The Morgan fingerprint density at radius 3 is 2.85 bits per heavy atom. The van der Waals surface area contributed by atoms with Crippen LogP contribution in [0.4, 0.5) is 0 Å². The van der Waals surface area contributed by atoms with Gasteiger partial charge in [0.05, 0.1) is 12.8 Å². The van der Waals surface area contributed by atoms with Gasteiger partial charge in [0.15, 0.2) is 5.58 Å². The molecule has 0 amide bonds. The first-order chi connectivity index (χ1) is 9.74. The maximum absolute atomic E-state index is 5.39. The van der Waals surface area contributed by atoms with Crippen molar-refractivity contribution >= 4 is 17.2 Å². The maximum atomic E-state index is 5.39. The van der Waals surface area contributed by atoms with Crippen molar-refractivity contribution in [3.05, 3.63) is 48.2 Å². The van der Waals surface area contributed by atoms with E-state index in [1.165, 1.54) is 0 Å². The minimum atomic E-state index is 0.663. The summed E-state index contributed by atoms with van der Waals surface area (Å²) < 4.78 is 10.7. The normalized spacial score (nSPS) is 10.7. The molecule has 0 unspecified atom stereocenters. The van der Waals surface area contributed by atoms with Gasteiger partial charge in [-0.15, -0.1) is 0 Å². The second kappa shape index (κ2) is 4.81. The Morgan fingerprint density at radius 1 is 1.30 bits per heavy atom. The SMILES string of the molecule is C=Cc1cc(-c2ccccc2OC)nc2c(C)noc12. The zero-order chi connectivity index (χ0) is 14.1. The molecule has 0 spiro atoms. The number of hydrogen-bond acceptors (Lipinski definition) is 4. The number of nitrogens with zero attached hydrogens (tertiary/aromatic N) is 2. The standard InChI is InChI=1S/C16H14N2O2/c1-4-11-9-13(12-7-5-6-8-14(12)19-3)17-15-10(2)18-20-16(11)15/h4-9H,1H2,2-3H3. The van der Waals surface area contributed by atoms with Crippen molar-refractivity contribution < 1.29 is 9.26 Å². The van der Waals surface area contributed by atoms with Crippen LogP contribution in [0.15, 0.2) is 41.4 Å². The quantitative estimate of drug-likeness (QED) is 0.722. The molecule has 0 aliphatic heterocycles. The van der Waals surface area contributed by atoms with E-state index in [1.807, 2.05) is 37.3 Å². The van der Waals surface area contributed by atoms with E-state index in [-0.39, 0.29) is 0 Å². The molecule has 1 aromatic carbocycles. The van der Waals surface area contributed by atoms with E-state index in [0.717, 1.165) is 33.8 Å². The second-order valence-electron chi connectivity index (χ2n) is 4.45. The monoisotopic (exact) mass is 266 g/mol. The first-order valence-electron chi connectivity index (χ1n) is 6.27. The van der Waals surface area contributed by atoms with E-state index >= 15 is 0 Å². The smallest absolute Gasteiger partial charge is 0.192 e. The summed E-state index contributed by atoms with van der Waals surface area (Å²) in [5.41, 5.74) is 4.80. The van der Waals surface area contributed by atoms with Gasteiger partial charge in [-0.05, 0) is 25.1 Å². The first-order valence-corrected chi connectivity index (χ1v) is 6.27. The fourth-order valence-corrected chi connectivity index (χ4v) is 2.20. The lowest BCUT2D eigenvalue weighted by atomic mass is 10.1. The number of aryl methyl sites for hydroxylation is 1. The number of para-hydroxylation sites is 1. The van der Waals surface area contributed by atoms with Crippen molar-refractivity contribution in [2.45, 2.75) is 6.92 Å². The summed E-state index contributed by atoms with van der Waals surface area (Å²) in [6, 6.07) is 9.70. The van der Waals surface area contributed by atoms with Gasteiger partial charge in [-0.2, -0.15) is 0 Å². The number of fused-ring (bicyclic) bond motifs is 1. The zero-order valence-corrected chi connectivity index (χ0v) is 11.4. The molecular weight excluding hydrogens is 252 g/mol. The Morgan fingerprint density at radius 2 is 2.10 bits per heavy atom. The van der Waals surface area contributed by atoms with Crippen molar-refractivity contribution in [2.24, 2.45) is 0 Å². The van der Waals surface area contributed by atoms with Gasteiger partial charge in [-0.3, -0.25) is 0 Å². The molecule has 4 nitrogen and oxygen atoms in total. The molecule has 20 heavy (non-hydrogen) atoms. The van der Waals surface area contributed by atoms with Crippen LogP contribution in [0.25, 0.3) is 28.4 Å². The zero-order valence-electron chi connectivity index (χ0n) is 11.4. The summed E-state index contributed by atoms with van der Waals surface area (Å²) in [5, 5.41) is 3.97. The van der Waals surface area contributed by atoms with E-state index in [2.05, 4.69) is 16.7 Å². The van der Waals surface area contributed by atoms with Crippen LogP contribution in [-0.2, 0) is 0 Å². The number of benzene rings is 1. The van der Waals surface area contributed by atoms with Gasteiger partial charge in [0.25, 0.3) is 0 Å². The third kappa shape index (κ3) is 1.86. The van der Waals surface area contributed by atoms with Crippen LogP contribution < -0.4 is 4.74 Å². The van der Waals surface area contributed by atoms with E-state index < -0.39 is 0 Å². The number of ether oxygens (including phenoxy) is 1. The predicted molar refractivity (Wildman–Crippen MR) is 78.6 cm³/mol. The number of rotatable bonds is 3. The fourth-order valence-electron chi connectivity index (χ4n) is 2.20. The average Bonchev–Trinajstić information content (AvgIpc) is 2.88. The number of methoxy groups -OCH3 is 1. The molecule has 0 bridgehead atoms. The summed E-state index contributed by atoms with van der Waals surface area (Å²) in [4.78, 5) is 4.64. The lowest BCUT2D eigenvalue weighted by Gasteiger charge is -2.08. The highest BCUT2D eigenvalue weighted by Gasteiger charge is 2.14. The summed E-state index contributed by atoms with van der Waals surface area (Å²) in [6.07, 6.45) is 1.74. The van der Waals surface area contributed by atoms with Crippen LogP contribution in [0.5, 0.6) is 5.75 Å². The van der Waals surface area contributed by atoms with Crippen molar-refractivity contribution in [1.29, 1.82) is 0 Å². The minimum Gasteiger partial charge on any atom is -0.496 e. The van der Waals surface area contributed by atoms with Crippen LogP contribution in [0.2, 0.25) is 0 Å². The van der Waals surface area contributed by atoms with Gasteiger partial charge < -0.3 is 9.26 Å². The van der Waals surface area contributed by atoms with Gasteiger partial charge in [0.1, 0.15) is 17.0 Å². The topological polar surface area (TPSA) is 48.2 Å². The number of hydrogen-bond donors (Lipinski definition) is 0. The van der Waals surface area contributed by atoms with E-state index in [9.17, 15) is 0 Å². The summed E-state index contributed by atoms with van der Waals surface area (Å²) in [5.74, 6) is 0.781. The third-order valence-corrected chi connectivity index (χ3v) is 3.22. The lowest BCUT2D eigenvalue weighted by molar-refractivity contribution is 0.416. The third-order valence-electron chi connectivity index (χ3n) is 3.22. The number of aromatic nitrogens is 2. The summed E-state index contributed by atoms with van der Waals surface area (Å²) >= 11 is 0. The van der Waals surface area contributed by atoms with Crippen molar-refractivity contribution in [3.8, 4) is 17.0 Å². The van der Waals surface area contributed by atoms with Crippen LogP contribution in [-0.4, -0.2) is 17.3 Å². The highest BCUT2D eigenvalue weighted by atomic mass is 16.5. The van der Waals surface area contributed by atoms with Gasteiger partial charge in [0.2, 0.25) is 0 Å². The Balaban J connectivity index is 2.31. The summed E-state index contributed by atoms with van der Waals surface area (Å²) in [6.45, 7) is 5.69. The van der Waals surface area contributed by atoms with Crippen LogP contribution in [0.1, 0.15) is 11.3 Å². The predicted octanol–water partition coefficient (Wildman–Crippen LogP) is 3.85.